The second-order valence-corrected chi connectivity index (χ2v) is 12.3. The lowest BCUT2D eigenvalue weighted by Crippen LogP contribution is -2.62. The maximum atomic E-state index is 14.1. The molecule has 4 heterocycles. The Kier molecular flexibility index (Phi) is 8.21. The molecular weight excluding hydrogens is 639 g/mol. The highest BCUT2D eigenvalue weighted by Crippen LogP contribution is 2.41. The Morgan fingerprint density at radius 3 is 2.55 bits per heavy atom. The van der Waals surface area contributed by atoms with E-state index in [2.05, 4.69) is 20.6 Å². The van der Waals surface area contributed by atoms with Gasteiger partial charge in [0.25, 0.3) is 5.91 Å². The van der Waals surface area contributed by atoms with Gasteiger partial charge in [-0.25, -0.2) is 22.8 Å². The Labute approximate surface area is 269 Å². The molecule has 0 unspecified atom stereocenters. The van der Waals surface area contributed by atoms with Crippen molar-refractivity contribution in [2.24, 2.45) is 0 Å². The Morgan fingerprint density at radius 1 is 1.04 bits per heavy atom. The van der Waals surface area contributed by atoms with E-state index in [1.54, 1.807) is 18.2 Å². The monoisotopic (exact) mass is 665 g/mol. The van der Waals surface area contributed by atoms with E-state index in [4.69, 9.17) is 18.9 Å². The summed E-state index contributed by atoms with van der Waals surface area (Å²) in [7, 11) is 0. The summed E-state index contributed by atoms with van der Waals surface area (Å²) in [6.45, 7) is 3.07. The van der Waals surface area contributed by atoms with Gasteiger partial charge in [-0.2, -0.15) is 0 Å². The molecule has 7 rings (SSSR count). The van der Waals surface area contributed by atoms with Crippen LogP contribution in [0.3, 0.4) is 0 Å². The normalized spacial score (nSPS) is 24.1. The first-order valence-electron chi connectivity index (χ1n) is 14.5. The van der Waals surface area contributed by atoms with E-state index in [0.717, 1.165) is 27.4 Å². The summed E-state index contributed by atoms with van der Waals surface area (Å²) in [5, 5.41) is 11.9. The highest BCUT2D eigenvalue weighted by atomic mass is 32.1. The van der Waals surface area contributed by atoms with Crippen LogP contribution < -0.4 is 5.32 Å². The van der Waals surface area contributed by atoms with Crippen molar-refractivity contribution >= 4 is 39.1 Å². The molecule has 2 aliphatic heterocycles. The molecule has 11 nitrogen and oxygen atoms in total. The van der Waals surface area contributed by atoms with Gasteiger partial charge in [0.05, 0.1) is 28.0 Å². The minimum atomic E-state index is -1.62. The molecule has 2 aliphatic rings. The highest BCUT2D eigenvalue weighted by Gasteiger charge is 2.55. The molecule has 0 aliphatic carbocycles. The Balaban J connectivity index is 1.26. The van der Waals surface area contributed by atoms with Crippen LogP contribution in [-0.2, 0) is 28.5 Å². The number of rotatable bonds is 6. The maximum absolute atomic E-state index is 14.1. The van der Waals surface area contributed by atoms with Crippen molar-refractivity contribution in [3.8, 4) is 11.3 Å². The van der Waals surface area contributed by atoms with Gasteiger partial charge in [-0.15, -0.1) is 16.4 Å². The second kappa shape index (κ2) is 12.5. The van der Waals surface area contributed by atoms with Crippen LogP contribution in [0.15, 0.2) is 66.9 Å². The number of aromatic nitrogens is 4. The zero-order chi connectivity index (χ0) is 32.8. The van der Waals surface area contributed by atoms with Crippen LogP contribution in [0.4, 0.5) is 18.9 Å². The fraction of sp³-hybridized carbons (Fsp3) is 0.281. The van der Waals surface area contributed by atoms with Crippen molar-refractivity contribution in [1.82, 2.24) is 20.0 Å². The molecule has 2 aromatic heterocycles. The number of carbonyl (C=O) groups is 2. The lowest BCUT2D eigenvalue weighted by Gasteiger charge is -2.48. The van der Waals surface area contributed by atoms with Crippen LogP contribution in [0.1, 0.15) is 29.8 Å². The zero-order valence-electron chi connectivity index (χ0n) is 24.8. The van der Waals surface area contributed by atoms with Gasteiger partial charge >= 0.3 is 5.97 Å². The summed E-state index contributed by atoms with van der Waals surface area (Å²) in [4.78, 5) is 30.8. The lowest BCUT2D eigenvalue weighted by atomic mass is 9.90. The summed E-state index contributed by atoms with van der Waals surface area (Å²) in [6, 6.07) is 14.9. The predicted octanol–water partition coefficient (Wildman–Crippen LogP) is 5.27. The molecule has 5 aromatic rings. The summed E-state index contributed by atoms with van der Waals surface area (Å²) < 4.78 is 68.4. The Morgan fingerprint density at radius 2 is 1.81 bits per heavy atom. The molecule has 2 saturated heterocycles. The second-order valence-electron chi connectivity index (χ2n) is 11.1. The number of hydrogen-bond acceptors (Lipinski definition) is 10. The number of nitrogens with zero attached hydrogens (tertiary/aromatic N) is 4. The van der Waals surface area contributed by atoms with Crippen LogP contribution >= 0.6 is 11.3 Å². The number of halogens is 3. The molecule has 0 bridgehead atoms. The van der Waals surface area contributed by atoms with E-state index in [1.165, 1.54) is 29.1 Å². The minimum absolute atomic E-state index is 0.000656. The third-order valence-corrected chi connectivity index (χ3v) is 8.78. The van der Waals surface area contributed by atoms with Crippen molar-refractivity contribution in [3.05, 3.63) is 94.9 Å². The number of benzene rings is 3. The van der Waals surface area contributed by atoms with Crippen LogP contribution in [0.5, 0.6) is 0 Å². The summed E-state index contributed by atoms with van der Waals surface area (Å²) >= 11 is 1.47. The number of carbonyl (C=O) groups excluding carboxylic acids is 2. The number of esters is 1. The molecule has 3 aromatic carbocycles. The number of amides is 1. The van der Waals surface area contributed by atoms with Gasteiger partial charge in [0, 0.05) is 23.7 Å². The Bertz CT molecular complexity index is 1950. The largest absolute Gasteiger partial charge is 0.457 e. The maximum Gasteiger partial charge on any atom is 0.303 e. The zero-order valence-corrected chi connectivity index (χ0v) is 25.6. The number of anilines is 1. The molecule has 0 saturated carbocycles. The fourth-order valence-electron chi connectivity index (χ4n) is 5.80. The molecule has 15 heteroatoms. The van der Waals surface area contributed by atoms with E-state index < -0.39 is 66.1 Å². The van der Waals surface area contributed by atoms with Crippen molar-refractivity contribution in [1.29, 1.82) is 0 Å². The summed E-state index contributed by atoms with van der Waals surface area (Å²) in [5.41, 5.74) is 1.87. The molecule has 0 spiro atoms. The number of aryl methyl sites for hydroxylation is 1. The van der Waals surface area contributed by atoms with Crippen molar-refractivity contribution < 1.29 is 41.7 Å². The minimum Gasteiger partial charge on any atom is -0.457 e. The molecule has 242 valence electrons. The quantitative estimate of drug-likeness (QED) is 0.191. The average Bonchev–Trinajstić information content (AvgIpc) is 3.69. The van der Waals surface area contributed by atoms with Gasteiger partial charge in [-0.3, -0.25) is 9.59 Å². The van der Waals surface area contributed by atoms with Crippen molar-refractivity contribution in [2.45, 2.75) is 50.6 Å². The molecule has 6 atom stereocenters. The van der Waals surface area contributed by atoms with Gasteiger partial charge in [0.2, 0.25) is 0 Å². The summed E-state index contributed by atoms with van der Waals surface area (Å²) in [5.74, 6) is -5.75. The van der Waals surface area contributed by atoms with E-state index in [-0.39, 0.29) is 17.9 Å². The molecule has 2 fully saturated rings. The number of hydrogen-bond donors (Lipinski definition) is 1. The lowest BCUT2D eigenvalue weighted by molar-refractivity contribution is -0.313. The van der Waals surface area contributed by atoms with Gasteiger partial charge in [-0.05, 0) is 37.3 Å². The fourth-order valence-corrected chi connectivity index (χ4v) is 6.67. The first-order valence-corrected chi connectivity index (χ1v) is 15.4. The van der Waals surface area contributed by atoms with Crippen LogP contribution in [0.2, 0.25) is 0 Å². The first-order chi connectivity index (χ1) is 22.6. The molecule has 47 heavy (non-hydrogen) atoms. The number of fused-ring (bicyclic) bond motifs is 2. The number of nitrogens with one attached hydrogen (secondary N) is 1. The number of thiazole rings is 1. The van der Waals surface area contributed by atoms with E-state index in [1.807, 2.05) is 37.3 Å². The van der Waals surface area contributed by atoms with E-state index >= 15 is 0 Å². The van der Waals surface area contributed by atoms with Gasteiger partial charge in [0.15, 0.2) is 35.9 Å². The molecule has 1 amide bonds. The topological polar surface area (TPSA) is 127 Å². The standard InChI is InChI=1S/C32H26F3N5O6S/c1-15-36-22-9-8-19(12-25(22)47-15)37-31(42)30-29(44-16(2)41)27(28-24(45-30)14-43-32(46-28)17-6-4-3-5-7-17)40-13-23(38-39-40)18-10-20(33)26(35)21(34)11-18/h3-13,24,27-30,32H,14H2,1-2H3,(H,37,42)/t24-,27+,28+,29-,30-,32+/m1/s1. The van der Waals surface area contributed by atoms with Gasteiger partial charge in [0.1, 0.15) is 23.9 Å². The van der Waals surface area contributed by atoms with Gasteiger partial charge < -0.3 is 24.3 Å². The smallest absolute Gasteiger partial charge is 0.303 e. The SMILES string of the molecule is CC(=O)O[C@@H]1[C@@H](n2cc(-c3cc(F)c(F)c(F)c3)nn2)[C@H]2O[C@@H](c3ccccc3)OC[C@H]2O[C@H]1C(=O)Nc1ccc2nc(C)sc2c1. The molecule has 0 radical (unpaired) electrons. The first kappa shape index (κ1) is 30.9. The Hall–Kier alpha value is -4.70. The van der Waals surface area contributed by atoms with Crippen molar-refractivity contribution in [3.63, 3.8) is 0 Å². The molecular formula is C32H26F3N5O6S. The van der Waals surface area contributed by atoms with E-state index in [0.29, 0.717) is 11.3 Å². The average molecular weight is 666 g/mol. The van der Waals surface area contributed by atoms with E-state index in [9.17, 15) is 22.8 Å². The van der Waals surface area contributed by atoms with Crippen LogP contribution in [0.25, 0.3) is 21.5 Å². The highest BCUT2D eigenvalue weighted by molar-refractivity contribution is 7.18. The van der Waals surface area contributed by atoms with Crippen molar-refractivity contribution in [2.75, 3.05) is 11.9 Å². The van der Waals surface area contributed by atoms with Crippen LogP contribution in [0, 0.1) is 24.4 Å². The summed E-state index contributed by atoms with van der Waals surface area (Å²) in [6.07, 6.45) is -3.93. The van der Waals surface area contributed by atoms with Crippen LogP contribution in [-0.4, -0.2) is 62.9 Å². The predicted molar refractivity (Wildman–Crippen MR) is 162 cm³/mol. The van der Waals surface area contributed by atoms with Gasteiger partial charge in [-0.1, -0.05) is 35.5 Å². The third kappa shape index (κ3) is 6.10. The molecule has 1 N–H and O–H groups in total. The third-order valence-electron chi connectivity index (χ3n) is 7.84. The number of ether oxygens (including phenoxy) is 4.